The predicted octanol–water partition coefficient (Wildman–Crippen LogP) is 4.37. The lowest BCUT2D eigenvalue weighted by Gasteiger charge is -2.19. The zero-order valence-corrected chi connectivity index (χ0v) is 11.7. The molecule has 106 valence electrons. The normalized spacial score (nSPS) is 12.5. The molecule has 0 aromatic heterocycles. The minimum absolute atomic E-state index is 0.0129. The maximum absolute atomic E-state index is 14.0. The molecule has 2 rings (SSSR count). The van der Waals surface area contributed by atoms with Crippen LogP contribution in [0.4, 0.5) is 13.2 Å². The van der Waals surface area contributed by atoms with Gasteiger partial charge in [-0.05, 0) is 32.2 Å². The van der Waals surface area contributed by atoms with Crippen LogP contribution in [0.3, 0.4) is 0 Å². The number of hydrogen-bond donors (Lipinski definition) is 1. The highest BCUT2D eigenvalue weighted by Crippen LogP contribution is 2.29. The van der Waals surface area contributed by atoms with Gasteiger partial charge >= 0.3 is 0 Å². The molecular weight excluding hydrogens is 287 g/mol. The molecule has 0 aliphatic rings. The molecule has 0 aliphatic heterocycles. The highest BCUT2D eigenvalue weighted by Gasteiger charge is 2.21. The quantitative estimate of drug-likeness (QED) is 0.830. The van der Waals surface area contributed by atoms with Crippen LogP contribution in [-0.2, 0) is 0 Å². The fourth-order valence-electron chi connectivity index (χ4n) is 2.12. The van der Waals surface area contributed by atoms with Crippen LogP contribution in [0.25, 0.3) is 0 Å². The third-order valence-corrected chi connectivity index (χ3v) is 3.39. The Bertz CT molecular complexity index is 643. The van der Waals surface area contributed by atoms with Crippen LogP contribution in [0.2, 0.25) is 5.02 Å². The van der Waals surface area contributed by atoms with E-state index in [1.165, 1.54) is 6.07 Å². The lowest BCUT2D eigenvalue weighted by atomic mass is 9.96. The molecule has 0 saturated carbocycles. The van der Waals surface area contributed by atoms with Gasteiger partial charge in [0.05, 0.1) is 11.1 Å². The van der Waals surface area contributed by atoms with Crippen LogP contribution in [0.5, 0.6) is 0 Å². The van der Waals surface area contributed by atoms with Gasteiger partial charge in [0.15, 0.2) is 0 Å². The number of hydrogen-bond acceptors (Lipinski definition) is 1. The first-order valence-corrected chi connectivity index (χ1v) is 6.39. The van der Waals surface area contributed by atoms with E-state index in [4.69, 9.17) is 11.6 Å². The fraction of sp³-hybridized carbons (Fsp3) is 0.200. The van der Waals surface area contributed by atoms with Crippen molar-refractivity contribution in [2.75, 3.05) is 7.05 Å². The molecule has 5 heteroatoms. The minimum atomic E-state index is -0.790. The van der Waals surface area contributed by atoms with Crippen molar-refractivity contribution in [2.45, 2.75) is 13.0 Å². The molecule has 0 amide bonds. The first-order valence-electron chi connectivity index (χ1n) is 6.01. The van der Waals surface area contributed by atoms with E-state index in [1.54, 1.807) is 26.1 Å². The third kappa shape index (κ3) is 2.81. The van der Waals surface area contributed by atoms with E-state index < -0.39 is 23.5 Å². The fourth-order valence-corrected chi connectivity index (χ4v) is 2.27. The van der Waals surface area contributed by atoms with Gasteiger partial charge in [-0.3, -0.25) is 0 Å². The summed E-state index contributed by atoms with van der Waals surface area (Å²) in [5, 5.41) is 2.50. The Balaban J connectivity index is 2.58. The van der Waals surface area contributed by atoms with Crippen LogP contribution in [0.1, 0.15) is 22.7 Å². The number of nitrogens with one attached hydrogen (secondary N) is 1. The Morgan fingerprint density at radius 3 is 2.25 bits per heavy atom. The van der Waals surface area contributed by atoms with E-state index in [2.05, 4.69) is 5.32 Å². The van der Waals surface area contributed by atoms with Crippen LogP contribution in [-0.4, -0.2) is 7.05 Å². The van der Waals surface area contributed by atoms with Gasteiger partial charge in [0.25, 0.3) is 0 Å². The lowest BCUT2D eigenvalue weighted by Crippen LogP contribution is -2.20. The molecule has 0 heterocycles. The van der Waals surface area contributed by atoms with E-state index in [0.29, 0.717) is 0 Å². The average molecular weight is 300 g/mol. The molecule has 1 nitrogen and oxygen atoms in total. The number of benzene rings is 2. The highest BCUT2D eigenvalue weighted by atomic mass is 35.5. The monoisotopic (exact) mass is 299 g/mol. The Kier molecular flexibility index (Phi) is 4.35. The molecule has 0 bridgehead atoms. The molecule has 0 aliphatic carbocycles. The van der Waals surface area contributed by atoms with Crippen LogP contribution < -0.4 is 5.32 Å². The summed E-state index contributed by atoms with van der Waals surface area (Å²) in [5.74, 6) is -1.90. The SMILES string of the molecule is CNC(c1cc(C)ccc1F)c1cc(F)c(Cl)cc1F. The molecule has 1 atom stereocenters. The summed E-state index contributed by atoms with van der Waals surface area (Å²) in [7, 11) is 1.55. The Labute approximate surface area is 120 Å². The minimum Gasteiger partial charge on any atom is -0.309 e. The molecule has 2 aromatic rings. The van der Waals surface area contributed by atoms with Crippen molar-refractivity contribution >= 4 is 11.6 Å². The third-order valence-electron chi connectivity index (χ3n) is 3.10. The van der Waals surface area contributed by atoms with Crippen molar-refractivity contribution in [2.24, 2.45) is 0 Å². The summed E-state index contributed by atoms with van der Waals surface area (Å²) in [5.41, 5.74) is 1.10. The van der Waals surface area contributed by atoms with Crippen molar-refractivity contribution < 1.29 is 13.2 Å². The zero-order valence-electron chi connectivity index (χ0n) is 11.0. The van der Waals surface area contributed by atoms with Gasteiger partial charge in [0.1, 0.15) is 17.5 Å². The van der Waals surface area contributed by atoms with Crippen LogP contribution in [0, 0.1) is 24.4 Å². The average Bonchev–Trinajstić information content (AvgIpc) is 2.40. The molecule has 20 heavy (non-hydrogen) atoms. The Hall–Kier alpha value is -1.52. The summed E-state index contributed by atoms with van der Waals surface area (Å²) in [6.45, 7) is 1.80. The summed E-state index contributed by atoms with van der Waals surface area (Å²) >= 11 is 5.53. The molecule has 1 N–H and O–H groups in total. The summed E-state index contributed by atoms with van der Waals surface area (Å²) < 4.78 is 41.4. The summed E-state index contributed by atoms with van der Waals surface area (Å²) in [6.07, 6.45) is 0. The molecule has 0 saturated heterocycles. The smallest absolute Gasteiger partial charge is 0.142 e. The highest BCUT2D eigenvalue weighted by molar-refractivity contribution is 6.30. The molecule has 2 aromatic carbocycles. The lowest BCUT2D eigenvalue weighted by molar-refractivity contribution is 0.537. The van der Waals surface area contributed by atoms with Gasteiger partial charge in [-0.25, -0.2) is 13.2 Å². The largest absolute Gasteiger partial charge is 0.309 e. The second-order valence-corrected chi connectivity index (χ2v) is 4.94. The molecule has 0 radical (unpaired) electrons. The number of aryl methyl sites for hydroxylation is 1. The molecule has 0 spiro atoms. The second kappa shape index (κ2) is 5.85. The first kappa shape index (κ1) is 14.9. The van der Waals surface area contributed by atoms with E-state index in [1.807, 2.05) is 0 Å². The Morgan fingerprint density at radius 2 is 1.60 bits per heavy atom. The van der Waals surface area contributed by atoms with E-state index >= 15 is 0 Å². The van der Waals surface area contributed by atoms with Crippen molar-refractivity contribution in [3.63, 3.8) is 0 Å². The summed E-state index contributed by atoms with van der Waals surface area (Å²) in [4.78, 5) is 0. The molecule has 0 fully saturated rings. The van der Waals surface area contributed by atoms with E-state index in [9.17, 15) is 13.2 Å². The standard InChI is InChI=1S/C15H13ClF3N/c1-8-3-4-12(17)9(5-8)15(20-2)10-6-14(19)11(16)7-13(10)18/h3-7,15,20H,1-2H3. The van der Waals surface area contributed by atoms with Gasteiger partial charge in [-0.2, -0.15) is 0 Å². The van der Waals surface area contributed by atoms with Crippen molar-refractivity contribution in [1.29, 1.82) is 0 Å². The zero-order chi connectivity index (χ0) is 14.9. The van der Waals surface area contributed by atoms with E-state index in [0.717, 1.165) is 17.7 Å². The van der Waals surface area contributed by atoms with Gasteiger partial charge in [-0.1, -0.05) is 29.3 Å². The van der Waals surface area contributed by atoms with Crippen molar-refractivity contribution in [3.8, 4) is 0 Å². The molecular formula is C15H13ClF3N. The van der Waals surface area contributed by atoms with Gasteiger partial charge < -0.3 is 5.32 Å². The number of halogens is 4. The second-order valence-electron chi connectivity index (χ2n) is 4.53. The van der Waals surface area contributed by atoms with Gasteiger partial charge in [-0.15, -0.1) is 0 Å². The maximum atomic E-state index is 14.0. The Morgan fingerprint density at radius 1 is 0.950 bits per heavy atom. The van der Waals surface area contributed by atoms with Crippen molar-refractivity contribution in [1.82, 2.24) is 5.32 Å². The van der Waals surface area contributed by atoms with E-state index in [-0.39, 0.29) is 16.1 Å². The van der Waals surface area contributed by atoms with Gasteiger partial charge in [0.2, 0.25) is 0 Å². The van der Waals surface area contributed by atoms with Crippen LogP contribution in [0.15, 0.2) is 30.3 Å². The van der Waals surface area contributed by atoms with Gasteiger partial charge in [0, 0.05) is 11.1 Å². The van der Waals surface area contributed by atoms with Crippen molar-refractivity contribution in [3.05, 3.63) is 69.5 Å². The van der Waals surface area contributed by atoms with Crippen LogP contribution >= 0.6 is 11.6 Å². The predicted molar refractivity (Wildman–Crippen MR) is 73.4 cm³/mol. The topological polar surface area (TPSA) is 12.0 Å². The molecule has 1 unspecified atom stereocenters. The maximum Gasteiger partial charge on any atom is 0.142 e. The number of rotatable bonds is 3. The summed E-state index contributed by atoms with van der Waals surface area (Å²) in [6, 6.07) is 5.61. The first-order chi connectivity index (χ1) is 9.43.